The summed E-state index contributed by atoms with van der Waals surface area (Å²) in [6.45, 7) is 5.16. The van der Waals surface area contributed by atoms with Gasteiger partial charge in [-0.15, -0.1) is 0 Å². The SMILES string of the molecule is CCCC(C#N)[Si](C)(C)F. The van der Waals surface area contributed by atoms with E-state index in [-0.39, 0.29) is 5.54 Å². The van der Waals surface area contributed by atoms with Gasteiger partial charge in [0.1, 0.15) is 0 Å². The molecule has 0 amide bonds. The molecule has 0 aliphatic heterocycles. The lowest BCUT2D eigenvalue weighted by Crippen LogP contribution is -2.25. The van der Waals surface area contributed by atoms with E-state index in [4.69, 9.17) is 5.26 Å². The normalized spacial score (nSPS) is 14.3. The summed E-state index contributed by atoms with van der Waals surface area (Å²) in [7, 11) is -2.67. The molecule has 0 rings (SSSR count). The molecule has 1 atom stereocenters. The highest BCUT2D eigenvalue weighted by atomic mass is 28.4. The quantitative estimate of drug-likeness (QED) is 0.459. The first-order valence-electron chi connectivity index (χ1n) is 3.61. The maximum Gasteiger partial charge on any atom is 0.257 e. The minimum absolute atomic E-state index is 0.308. The summed E-state index contributed by atoms with van der Waals surface area (Å²) in [5.41, 5.74) is -0.308. The van der Waals surface area contributed by atoms with Gasteiger partial charge in [0, 0.05) is 0 Å². The summed E-state index contributed by atoms with van der Waals surface area (Å²) < 4.78 is 13.2. The van der Waals surface area contributed by atoms with E-state index < -0.39 is 8.41 Å². The summed E-state index contributed by atoms with van der Waals surface area (Å²) in [5.74, 6) is 0. The summed E-state index contributed by atoms with van der Waals surface area (Å²) in [6.07, 6.45) is 1.62. The molecular weight excluding hydrogens is 145 g/mol. The highest BCUT2D eigenvalue weighted by molar-refractivity contribution is 6.72. The monoisotopic (exact) mass is 159 g/mol. The third-order valence-corrected chi connectivity index (χ3v) is 3.64. The number of nitrogens with zero attached hydrogens (tertiary/aromatic N) is 1. The van der Waals surface area contributed by atoms with Crippen LogP contribution in [0.3, 0.4) is 0 Å². The van der Waals surface area contributed by atoms with Crippen molar-refractivity contribution in [2.75, 3.05) is 0 Å². The molecule has 0 aromatic carbocycles. The molecule has 0 radical (unpaired) electrons. The second-order valence-corrected chi connectivity index (χ2v) is 6.86. The van der Waals surface area contributed by atoms with Crippen molar-refractivity contribution in [2.45, 2.75) is 38.4 Å². The van der Waals surface area contributed by atoms with Crippen LogP contribution in [0.2, 0.25) is 18.6 Å². The lowest BCUT2D eigenvalue weighted by Gasteiger charge is -2.16. The number of hydrogen-bond acceptors (Lipinski definition) is 1. The van der Waals surface area contributed by atoms with Gasteiger partial charge in [-0.05, 0) is 19.5 Å². The second kappa shape index (κ2) is 3.72. The summed E-state index contributed by atoms with van der Waals surface area (Å²) in [6, 6.07) is 2.03. The smallest absolute Gasteiger partial charge is 0.257 e. The topological polar surface area (TPSA) is 23.8 Å². The van der Waals surface area contributed by atoms with Crippen LogP contribution < -0.4 is 0 Å². The van der Waals surface area contributed by atoms with Crippen LogP contribution in [0.25, 0.3) is 0 Å². The van der Waals surface area contributed by atoms with Crippen LogP contribution in [0.4, 0.5) is 4.11 Å². The fourth-order valence-electron chi connectivity index (χ4n) is 0.850. The van der Waals surface area contributed by atoms with Crippen molar-refractivity contribution in [1.82, 2.24) is 0 Å². The summed E-state index contributed by atoms with van der Waals surface area (Å²) in [4.78, 5) is 0. The Bertz CT molecular complexity index is 134. The standard InChI is InChI=1S/C7H14FNSi/c1-4-5-7(6-9)10(2,3)8/h7H,4-5H2,1-3H3. The largest absolute Gasteiger partial charge is 0.313 e. The van der Waals surface area contributed by atoms with E-state index in [1.807, 2.05) is 13.0 Å². The van der Waals surface area contributed by atoms with Crippen LogP contribution in [-0.2, 0) is 0 Å². The van der Waals surface area contributed by atoms with Gasteiger partial charge in [-0.1, -0.05) is 13.3 Å². The van der Waals surface area contributed by atoms with Crippen molar-refractivity contribution in [1.29, 1.82) is 5.26 Å². The highest BCUT2D eigenvalue weighted by Gasteiger charge is 2.31. The van der Waals surface area contributed by atoms with Crippen molar-refractivity contribution >= 4 is 8.41 Å². The molecule has 3 heteroatoms. The van der Waals surface area contributed by atoms with E-state index in [2.05, 4.69) is 0 Å². The van der Waals surface area contributed by atoms with Crippen LogP contribution in [-0.4, -0.2) is 8.41 Å². The molecular formula is C7H14FNSi. The van der Waals surface area contributed by atoms with Crippen molar-refractivity contribution in [3.8, 4) is 6.07 Å². The van der Waals surface area contributed by atoms with E-state index in [1.165, 1.54) is 0 Å². The Morgan fingerprint density at radius 1 is 1.60 bits per heavy atom. The number of rotatable bonds is 3. The van der Waals surface area contributed by atoms with Crippen LogP contribution in [0.5, 0.6) is 0 Å². The Morgan fingerprint density at radius 3 is 2.20 bits per heavy atom. The Kier molecular flexibility index (Phi) is 3.58. The molecule has 0 saturated carbocycles. The third-order valence-electron chi connectivity index (χ3n) is 1.56. The van der Waals surface area contributed by atoms with E-state index in [0.717, 1.165) is 6.42 Å². The molecule has 0 spiro atoms. The average Bonchev–Trinajstić information content (AvgIpc) is 1.80. The molecule has 0 N–H and O–H groups in total. The molecule has 0 aliphatic rings. The minimum atomic E-state index is -2.67. The summed E-state index contributed by atoms with van der Waals surface area (Å²) in [5, 5.41) is 8.54. The molecule has 0 aromatic heterocycles. The number of hydrogen-bond donors (Lipinski definition) is 0. The fraction of sp³-hybridized carbons (Fsp3) is 0.857. The van der Waals surface area contributed by atoms with Gasteiger partial charge in [-0.3, -0.25) is 0 Å². The lowest BCUT2D eigenvalue weighted by atomic mass is 10.3. The zero-order valence-electron chi connectivity index (χ0n) is 6.82. The molecule has 0 fully saturated rings. The van der Waals surface area contributed by atoms with Gasteiger partial charge < -0.3 is 4.11 Å². The van der Waals surface area contributed by atoms with Crippen molar-refractivity contribution in [2.24, 2.45) is 0 Å². The maximum absolute atomic E-state index is 13.2. The van der Waals surface area contributed by atoms with E-state index in [1.54, 1.807) is 13.1 Å². The third kappa shape index (κ3) is 2.97. The van der Waals surface area contributed by atoms with Gasteiger partial charge in [-0.2, -0.15) is 5.26 Å². The Balaban J connectivity index is 3.98. The van der Waals surface area contributed by atoms with Crippen LogP contribution in [0, 0.1) is 11.3 Å². The molecule has 0 aliphatic carbocycles. The van der Waals surface area contributed by atoms with Crippen LogP contribution in [0.15, 0.2) is 0 Å². The van der Waals surface area contributed by atoms with E-state index in [9.17, 15) is 4.11 Å². The van der Waals surface area contributed by atoms with Gasteiger partial charge in [-0.25, -0.2) is 0 Å². The number of nitriles is 1. The zero-order valence-corrected chi connectivity index (χ0v) is 7.82. The van der Waals surface area contributed by atoms with Crippen molar-refractivity contribution in [3.05, 3.63) is 0 Å². The molecule has 1 unspecified atom stereocenters. The molecule has 0 aromatic rings. The average molecular weight is 159 g/mol. The zero-order chi connectivity index (χ0) is 8.20. The van der Waals surface area contributed by atoms with Gasteiger partial charge in [0.15, 0.2) is 0 Å². The Labute approximate surface area is 63.0 Å². The Morgan fingerprint density at radius 2 is 2.10 bits per heavy atom. The summed E-state index contributed by atoms with van der Waals surface area (Å²) >= 11 is 0. The number of halogens is 1. The molecule has 1 nitrogen and oxygen atoms in total. The van der Waals surface area contributed by atoms with Crippen molar-refractivity contribution < 1.29 is 4.11 Å². The van der Waals surface area contributed by atoms with Crippen LogP contribution in [0.1, 0.15) is 19.8 Å². The lowest BCUT2D eigenvalue weighted by molar-refractivity contribution is 0.704. The first-order chi connectivity index (χ1) is 4.52. The predicted molar refractivity (Wildman–Crippen MR) is 42.9 cm³/mol. The maximum atomic E-state index is 13.2. The first-order valence-corrected chi connectivity index (χ1v) is 6.56. The van der Waals surface area contributed by atoms with Crippen LogP contribution >= 0.6 is 0 Å². The van der Waals surface area contributed by atoms with Crippen molar-refractivity contribution in [3.63, 3.8) is 0 Å². The Hall–Kier alpha value is -0.363. The minimum Gasteiger partial charge on any atom is -0.313 e. The van der Waals surface area contributed by atoms with E-state index in [0.29, 0.717) is 6.42 Å². The molecule has 58 valence electrons. The van der Waals surface area contributed by atoms with Gasteiger partial charge in [0.2, 0.25) is 0 Å². The van der Waals surface area contributed by atoms with Gasteiger partial charge in [0.25, 0.3) is 8.41 Å². The molecule has 0 saturated heterocycles. The highest BCUT2D eigenvalue weighted by Crippen LogP contribution is 2.26. The molecule has 0 heterocycles. The first kappa shape index (κ1) is 9.64. The van der Waals surface area contributed by atoms with Gasteiger partial charge in [0.05, 0.1) is 11.6 Å². The second-order valence-electron chi connectivity index (χ2n) is 3.03. The van der Waals surface area contributed by atoms with Gasteiger partial charge >= 0.3 is 0 Å². The molecule has 10 heavy (non-hydrogen) atoms. The molecule has 0 bridgehead atoms. The predicted octanol–water partition coefficient (Wildman–Crippen LogP) is 2.85. The van der Waals surface area contributed by atoms with E-state index >= 15 is 0 Å². The fourth-order valence-corrected chi connectivity index (χ4v) is 2.13.